The Morgan fingerprint density at radius 2 is 2.19 bits per heavy atom. The van der Waals surface area contributed by atoms with Gasteiger partial charge in [0.25, 0.3) is 0 Å². The number of carbonyl (C=O) groups is 1. The number of hydrogen-bond acceptors (Lipinski definition) is 4. The maximum Gasteiger partial charge on any atom is 0.235 e. The van der Waals surface area contributed by atoms with Crippen molar-refractivity contribution in [1.82, 2.24) is 15.5 Å². The fraction of sp³-hybridized carbons (Fsp3) is 0.214. The van der Waals surface area contributed by atoms with Gasteiger partial charge in [-0.1, -0.05) is 35.5 Å². The predicted molar refractivity (Wildman–Crippen MR) is 77.8 cm³/mol. The van der Waals surface area contributed by atoms with E-state index in [-0.39, 0.29) is 11.7 Å². The molecule has 2 rings (SSSR count). The van der Waals surface area contributed by atoms with Crippen molar-refractivity contribution in [3.8, 4) is 0 Å². The molecule has 0 spiro atoms. The molecule has 5 N–H and O–H groups in total. The van der Waals surface area contributed by atoms with Crippen molar-refractivity contribution < 1.29 is 10.0 Å². The molecule has 0 saturated heterocycles. The number of aromatic nitrogens is 2. The SMILES string of the molecule is Cc1[nH]ncc1CNC(=O)C(C(N)=NO)c1ccccc1. The molecule has 1 aromatic carbocycles. The molecular weight excluding hydrogens is 270 g/mol. The molecule has 7 heteroatoms. The smallest absolute Gasteiger partial charge is 0.235 e. The summed E-state index contributed by atoms with van der Waals surface area (Å²) >= 11 is 0. The van der Waals surface area contributed by atoms with E-state index in [2.05, 4.69) is 20.7 Å². The quantitative estimate of drug-likeness (QED) is 0.282. The Hall–Kier alpha value is -2.83. The molecule has 110 valence electrons. The van der Waals surface area contributed by atoms with Crippen LogP contribution in [0.2, 0.25) is 0 Å². The molecule has 0 saturated carbocycles. The van der Waals surface area contributed by atoms with E-state index in [0.717, 1.165) is 11.3 Å². The Labute approximate surface area is 121 Å². The average Bonchev–Trinajstić information content (AvgIpc) is 2.91. The third-order valence-electron chi connectivity index (χ3n) is 3.19. The molecular formula is C14H17N5O2. The Kier molecular flexibility index (Phi) is 4.55. The average molecular weight is 287 g/mol. The Morgan fingerprint density at radius 1 is 1.48 bits per heavy atom. The largest absolute Gasteiger partial charge is 0.409 e. The highest BCUT2D eigenvalue weighted by Gasteiger charge is 2.25. The minimum Gasteiger partial charge on any atom is -0.409 e. The number of carbonyl (C=O) groups excluding carboxylic acids is 1. The first-order chi connectivity index (χ1) is 10.1. The van der Waals surface area contributed by atoms with Gasteiger partial charge in [0.1, 0.15) is 5.92 Å². The maximum atomic E-state index is 12.3. The number of nitrogens with zero attached hydrogens (tertiary/aromatic N) is 2. The van der Waals surface area contributed by atoms with Crippen LogP contribution in [0.1, 0.15) is 22.7 Å². The third kappa shape index (κ3) is 3.38. The molecule has 1 heterocycles. The fourth-order valence-electron chi connectivity index (χ4n) is 2.00. The molecule has 1 amide bonds. The van der Waals surface area contributed by atoms with Crippen LogP contribution in [0.4, 0.5) is 0 Å². The van der Waals surface area contributed by atoms with Crippen LogP contribution in [0.3, 0.4) is 0 Å². The topological polar surface area (TPSA) is 116 Å². The van der Waals surface area contributed by atoms with Crippen molar-refractivity contribution in [2.75, 3.05) is 0 Å². The van der Waals surface area contributed by atoms with Crippen LogP contribution >= 0.6 is 0 Å². The number of amides is 1. The lowest BCUT2D eigenvalue weighted by atomic mass is 9.97. The highest BCUT2D eigenvalue weighted by Crippen LogP contribution is 2.16. The third-order valence-corrected chi connectivity index (χ3v) is 3.19. The van der Waals surface area contributed by atoms with E-state index in [1.807, 2.05) is 13.0 Å². The molecule has 0 aliphatic heterocycles. The second-order valence-corrected chi connectivity index (χ2v) is 4.61. The van der Waals surface area contributed by atoms with E-state index in [1.165, 1.54) is 0 Å². The van der Waals surface area contributed by atoms with Crippen molar-refractivity contribution >= 4 is 11.7 Å². The predicted octanol–water partition coefficient (Wildman–Crippen LogP) is 0.865. The van der Waals surface area contributed by atoms with Gasteiger partial charge in [0.05, 0.1) is 6.20 Å². The second-order valence-electron chi connectivity index (χ2n) is 4.61. The highest BCUT2D eigenvalue weighted by molar-refractivity contribution is 6.07. The van der Waals surface area contributed by atoms with E-state index in [4.69, 9.17) is 10.9 Å². The van der Waals surface area contributed by atoms with Gasteiger partial charge >= 0.3 is 0 Å². The molecule has 21 heavy (non-hydrogen) atoms. The summed E-state index contributed by atoms with van der Waals surface area (Å²) < 4.78 is 0. The first-order valence-corrected chi connectivity index (χ1v) is 6.42. The molecule has 2 aromatic rings. The Morgan fingerprint density at radius 3 is 2.76 bits per heavy atom. The zero-order valence-electron chi connectivity index (χ0n) is 11.6. The summed E-state index contributed by atoms with van der Waals surface area (Å²) in [5.41, 5.74) is 8.08. The lowest BCUT2D eigenvalue weighted by molar-refractivity contribution is -0.121. The number of hydrogen-bond donors (Lipinski definition) is 4. The monoisotopic (exact) mass is 287 g/mol. The first-order valence-electron chi connectivity index (χ1n) is 6.42. The number of H-pyrrole nitrogens is 1. The summed E-state index contributed by atoms with van der Waals surface area (Å²) in [5, 5.41) is 21.3. The van der Waals surface area contributed by atoms with Gasteiger partial charge < -0.3 is 16.3 Å². The number of aryl methyl sites for hydroxylation is 1. The van der Waals surface area contributed by atoms with Crippen molar-refractivity contribution in [2.24, 2.45) is 10.9 Å². The molecule has 0 aliphatic carbocycles. The summed E-state index contributed by atoms with van der Waals surface area (Å²) in [7, 11) is 0. The van der Waals surface area contributed by atoms with Gasteiger partial charge in [-0.05, 0) is 12.5 Å². The van der Waals surface area contributed by atoms with Gasteiger partial charge in [0.15, 0.2) is 5.84 Å². The van der Waals surface area contributed by atoms with Gasteiger partial charge in [-0.15, -0.1) is 0 Å². The molecule has 1 atom stereocenters. The maximum absolute atomic E-state index is 12.3. The standard InChI is InChI=1S/C14H17N5O2/c1-9-11(8-17-18-9)7-16-14(20)12(13(15)19-21)10-5-3-2-4-6-10/h2-6,8,12,21H,7H2,1H3,(H2,15,19)(H,16,20)(H,17,18). The van der Waals surface area contributed by atoms with Crippen molar-refractivity contribution in [3.63, 3.8) is 0 Å². The van der Waals surface area contributed by atoms with Crippen LogP contribution < -0.4 is 11.1 Å². The summed E-state index contributed by atoms with van der Waals surface area (Å²) in [6, 6.07) is 8.93. The van der Waals surface area contributed by atoms with E-state index in [9.17, 15) is 4.79 Å². The van der Waals surface area contributed by atoms with Crippen LogP contribution in [0.25, 0.3) is 0 Å². The minimum absolute atomic E-state index is 0.150. The van der Waals surface area contributed by atoms with Gasteiger partial charge in [-0.3, -0.25) is 9.89 Å². The number of nitrogens with one attached hydrogen (secondary N) is 2. The molecule has 0 fully saturated rings. The van der Waals surface area contributed by atoms with E-state index in [1.54, 1.807) is 30.5 Å². The number of oxime groups is 1. The van der Waals surface area contributed by atoms with E-state index in [0.29, 0.717) is 12.1 Å². The summed E-state index contributed by atoms with van der Waals surface area (Å²) in [6.07, 6.45) is 1.65. The van der Waals surface area contributed by atoms with Crippen LogP contribution in [0.15, 0.2) is 41.7 Å². The van der Waals surface area contributed by atoms with Crippen LogP contribution in [-0.4, -0.2) is 27.1 Å². The van der Waals surface area contributed by atoms with Crippen molar-refractivity contribution in [1.29, 1.82) is 0 Å². The Balaban J connectivity index is 2.14. The lowest BCUT2D eigenvalue weighted by Crippen LogP contribution is -2.37. The molecule has 0 radical (unpaired) electrons. The van der Waals surface area contributed by atoms with Gasteiger partial charge in [-0.2, -0.15) is 5.10 Å². The summed E-state index contributed by atoms with van der Waals surface area (Å²) in [5.74, 6) is -1.32. The highest BCUT2D eigenvalue weighted by atomic mass is 16.4. The van der Waals surface area contributed by atoms with E-state index < -0.39 is 5.92 Å². The normalized spacial score (nSPS) is 12.9. The molecule has 0 bridgehead atoms. The zero-order valence-corrected chi connectivity index (χ0v) is 11.6. The lowest BCUT2D eigenvalue weighted by Gasteiger charge is -2.15. The molecule has 1 unspecified atom stereocenters. The number of benzene rings is 1. The van der Waals surface area contributed by atoms with Crippen LogP contribution in [0.5, 0.6) is 0 Å². The first kappa shape index (κ1) is 14.6. The number of nitrogens with two attached hydrogens (primary N) is 1. The molecule has 0 aliphatic rings. The van der Waals surface area contributed by atoms with Crippen LogP contribution in [-0.2, 0) is 11.3 Å². The number of amidine groups is 1. The zero-order chi connectivity index (χ0) is 15.2. The van der Waals surface area contributed by atoms with Crippen molar-refractivity contribution in [3.05, 3.63) is 53.3 Å². The van der Waals surface area contributed by atoms with Gasteiger partial charge in [0, 0.05) is 17.8 Å². The fourth-order valence-corrected chi connectivity index (χ4v) is 2.00. The molecule has 7 nitrogen and oxygen atoms in total. The Bertz CT molecular complexity index is 636. The van der Waals surface area contributed by atoms with Crippen LogP contribution in [0, 0.1) is 6.92 Å². The van der Waals surface area contributed by atoms with Crippen molar-refractivity contribution in [2.45, 2.75) is 19.4 Å². The second kappa shape index (κ2) is 6.56. The summed E-state index contributed by atoms with van der Waals surface area (Å²) in [6.45, 7) is 2.19. The molecule has 1 aromatic heterocycles. The number of rotatable bonds is 5. The summed E-state index contributed by atoms with van der Waals surface area (Å²) in [4.78, 5) is 12.3. The minimum atomic E-state index is -0.830. The van der Waals surface area contributed by atoms with Gasteiger partial charge in [-0.25, -0.2) is 0 Å². The van der Waals surface area contributed by atoms with E-state index >= 15 is 0 Å². The van der Waals surface area contributed by atoms with Gasteiger partial charge in [0.2, 0.25) is 5.91 Å². The number of aromatic amines is 1.